The first kappa shape index (κ1) is 35.0. The minimum Gasteiger partial charge on any atom is -0.475 e. The van der Waals surface area contributed by atoms with Crippen LogP contribution in [0.15, 0.2) is 65.1 Å². The summed E-state index contributed by atoms with van der Waals surface area (Å²) in [5.74, 6) is -2.89. The summed E-state index contributed by atoms with van der Waals surface area (Å²) in [6.45, 7) is 1.71. The summed E-state index contributed by atoms with van der Waals surface area (Å²) >= 11 is 12.3. The van der Waals surface area contributed by atoms with Gasteiger partial charge in [-0.05, 0) is 47.0 Å². The topological polar surface area (TPSA) is 135 Å². The lowest BCUT2D eigenvalue weighted by atomic mass is 10.00. The van der Waals surface area contributed by atoms with Gasteiger partial charge in [-0.2, -0.15) is 13.2 Å². The van der Waals surface area contributed by atoms with Gasteiger partial charge in [-0.3, -0.25) is 4.79 Å². The van der Waals surface area contributed by atoms with Crippen LogP contribution in [0.5, 0.6) is 0 Å². The zero-order chi connectivity index (χ0) is 32.7. The number of halogens is 5. The van der Waals surface area contributed by atoms with E-state index in [0.29, 0.717) is 35.9 Å². The number of carbonyl (C=O) groups is 2. The highest BCUT2D eigenvalue weighted by atomic mass is 35.5. The van der Waals surface area contributed by atoms with Gasteiger partial charge < -0.3 is 19.6 Å². The first-order valence-corrected chi connectivity index (χ1v) is 15.3. The third-order valence-corrected chi connectivity index (χ3v) is 7.22. The van der Waals surface area contributed by atoms with E-state index in [2.05, 4.69) is 10.0 Å². The number of ether oxygens (including phenoxy) is 1. The monoisotopic (exact) mass is 674 g/mol. The molecule has 1 aromatic heterocycles. The number of carboxylic acid groups (broad SMARTS) is 1. The number of furan rings is 1. The number of hydrogen-bond donors (Lipinski definition) is 3. The van der Waals surface area contributed by atoms with E-state index in [1.807, 2.05) is 42.5 Å². The molecule has 0 amide bonds. The highest BCUT2D eigenvalue weighted by Crippen LogP contribution is 2.33. The minimum absolute atomic E-state index is 0.188. The van der Waals surface area contributed by atoms with Crippen LogP contribution in [0, 0.1) is 0 Å². The van der Waals surface area contributed by atoms with E-state index < -0.39 is 22.2 Å². The number of aliphatic carboxylic acids is 1. The number of carboxylic acids is 1. The lowest BCUT2D eigenvalue weighted by molar-refractivity contribution is -0.192. The Bertz CT molecular complexity index is 1760. The van der Waals surface area contributed by atoms with E-state index in [9.17, 15) is 26.4 Å². The highest BCUT2D eigenvalue weighted by Gasteiger charge is 2.38. The second-order valence-corrected chi connectivity index (χ2v) is 12.0. The summed E-state index contributed by atoms with van der Waals surface area (Å²) in [5, 5.41) is 11.9. The molecule has 0 atom stereocenters. The molecule has 0 saturated carbocycles. The Kier molecular flexibility index (Phi) is 12.0. The van der Waals surface area contributed by atoms with Gasteiger partial charge in [-0.15, -0.1) is 0 Å². The molecule has 0 aliphatic rings. The van der Waals surface area contributed by atoms with Crippen molar-refractivity contribution >= 4 is 55.9 Å². The Balaban J connectivity index is 0.000000676. The molecule has 0 aliphatic carbocycles. The Morgan fingerprint density at radius 3 is 2.30 bits per heavy atom. The smallest absolute Gasteiger partial charge is 0.475 e. The van der Waals surface area contributed by atoms with Crippen molar-refractivity contribution in [2.45, 2.75) is 19.3 Å². The van der Waals surface area contributed by atoms with Crippen LogP contribution in [0.25, 0.3) is 22.1 Å². The number of fused-ring (bicyclic) bond motifs is 1. The van der Waals surface area contributed by atoms with Crippen LogP contribution in [0.3, 0.4) is 0 Å². The van der Waals surface area contributed by atoms with Gasteiger partial charge in [0.05, 0.1) is 17.9 Å². The van der Waals surface area contributed by atoms with Crippen molar-refractivity contribution in [1.29, 1.82) is 0 Å². The third-order valence-electron chi connectivity index (χ3n) is 6.00. The molecule has 0 saturated heterocycles. The molecule has 44 heavy (non-hydrogen) atoms. The van der Waals surface area contributed by atoms with Gasteiger partial charge in [0.15, 0.2) is 5.76 Å². The maximum Gasteiger partial charge on any atom is 0.490 e. The van der Waals surface area contributed by atoms with Crippen molar-refractivity contribution < 1.29 is 45.4 Å². The molecule has 0 unspecified atom stereocenters. The second-order valence-electron chi connectivity index (χ2n) is 9.34. The van der Waals surface area contributed by atoms with Gasteiger partial charge >= 0.3 is 12.1 Å². The van der Waals surface area contributed by atoms with Gasteiger partial charge in [-0.25, -0.2) is 17.9 Å². The largest absolute Gasteiger partial charge is 0.490 e. The van der Waals surface area contributed by atoms with Crippen LogP contribution < -0.4 is 10.0 Å². The van der Waals surface area contributed by atoms with Gasteiger partial charge in [0.1, 0.15) is 5.58 Å². The molecule has 3 aromatic carbocycles. The van der Waals surface area contributed by atoms with E-state index in [1.54, 1.807) is 19.2 Å². The van der Waals surface area contributed by atoms with E-state index in [4.69, 9.17) is 42.3 Å². The lowest BCUT2D eigenvalue weighted by Crippen LogP contribution is -2.21. The molecule has 0 fully saturated rings. The van der Waals surface area contributed by atoms with Crippen LogP contribution in [0.4, 0.5) is 13.2 Å². The summed E-state index contributed by atoms with van der Waals surface area (Å²) in [4.78, 5) is 22.4. The zero-order valence-electron chi connectivity index (χ0n) is 23.3. The van der Waals surface area contributed by atoms with Crippen LogP contribution in [-0.2, 0) is 32.6 Å². The van der Waals surface area contributed by atoms with Crippen molar-refractivity contribution in [1.82, 2.24) is 10.0 Å². The number of benzene rings is 3. The standard InChI is InChI=1S/C27H26Cl2N2O5S.C2HF3O2/c1-35-11-10-30-16-23-21-8-6-19(18-5-3-4-17(12-18)15-31-37(2,33)34)13-25(21)36-27(23)26(32)22-9-7-20(28)14-24(22)29;3-2(4,5)1(6)7/h3-9,12-14,30-31H,10-11,15-16H2,1-2H3;(H,6,7). The number of hydrogen-bond acceptors (Lipinski definition) is 7. The van der Waals surface area contributed by atoms with Gasteiger partial charge in [0.2, 0.25) is 15.8 Å². The fraction of sp³-hybridized carbons (Fsp3) is 0.241. The average Bonchev–Trinajstić information content (AvgIpc) is 3.31. The number of rotatable bonds is 11. The first-order valence-electron chi connectivity index (χ1n) is 12.7. The Hall–Kier alpha value is -3.46. The summed E-state index contributed by atoms with van der Waals surface area (Å²) in [6, 6.07) is 18.0. The van der Waals surface area contributed by atoms with E-state index in [0.717, 1.165) is 33.9 Å². The van der Waals surface area contributed by atoms with Gasteiger partial charge in [0.25, 0.3) is 0 Å². The van der Waals surface area contributed by atoms with Crippen LogP contribution >= 0.6 is 23.2 Å². The van der Waals surface area contributed by atoms with Gasteiger partial charge in [-0.1, -0.05) is 53.5 Å². The zero-order valence-corrected chi connectivity index (χ0v) is 25.6. The molecular weight excluding hydrogens is 648 g/mol. The lowest BCUT2D eigenvalue weighted by Gasteiger charge is -2.07. The maximum absolute atomic E-state index is 13.5. The molecule has 4 rings (SSSR count). The van der Waals surface area contributed by atoms with E-state index in [1.165, 1.54) is 6.07 Å². The van der Waals surface area contributed by atoms with Crippen molar-refractivity contribution in [2.75, 3.05) is 26.5 Å². The van der Waals surface area contributed by atoms with Crippen LogP contribution in [0.2, 0.25) is 10.0 Å². The minimum atomic E-state index is -5.08. The SMILES string of the molecule is COCCNCc1c(C(=O)c2ccc(Cl)cc2Cl)oc2cc(-c3cccc(CNS(C)(=O)=O)c3)ccc12.O=C(O)C(F)(F)F. The molecule has 0 radical (unpaired) electrons. The molecule has 236 valence electrons. The van der Waals surface area contributed by atoms with Crippen LogP contribution in [-0.4, -0.2) is 58.0 Å². The Morgan fingerprint density at radius 2 is 1.68 bits per heavy atom. The molecular formula is C29H27Cl2F3N2O7S. The third kappa shape index (κ3) is 9.78. The molecule has 0 bridgehead atoms. The summed E-state index contributed by atoms with van der Waals surface area (Å²) in [7, 11) is -1.68. The quantitative estimate of drug-likeness (QED) is 0.129. The molecule has 9 nitrogen and oxygen atoms in total. The number of alkyl halides is 3. The summed E-state index contributed by atoms with van der Waals surface area (Å²) < 4.78 is 68.4. The average molecular weight is 676 g/mol. The fourth-order valence-electron chi connectivity index (χ4n) is 3.95. The van der Waals surface area contributed by atoms with Gasteiger partial charge in [0, 0.05) is 48.3 Å². The molecule has 4 aromatic rings. The normalized spacial score (nSPS) is 11.7. The molecule has 15 heteroatoms. The molecule has 0 aliphatic heterocycles. The van der Waals surface area contributed by atoms with Crippen LogP contribution in [0.1, 0.15) is 27.2 Å². The number of carbonyl (C=O) groups excluding carboxylic acids is 1. The molecule has 0 spiro atoms. The fourth-order valence-corrected chi connectivity index (χ4v) is 4.87. The predicted molar refractivity (Wildman–Crippen MR) is 161 cm³/mol. The predicted octanol–water partition coefficient (Wildman–Crippen LogP) is 6.06. The number of ketones is 1. The maximum atomic E-state index is 13.5. The number of nitrogens with one attached hydrogen (secondary N) is 2. The second kappa shape index (κ2) is 15.0. The Labute approximate surface area is 261 Å². The van der Waals surface area contributed by atoms with Crippen molar-refractivity contribution in [3.05, 3.63) is 93.2 Å². The first-order chi connectivity index (χ1) is 20.6. The number of sulfonamides is 1. The van der Waals surface area contributed by atoms with E-state index >= 15 is 0 Å². The Morgan fingerprint density at radius 1 is 1.00 bits per heavy atom. The highest BCUT2D eigenvalue weighted by molar-refractivity contribution is 7.88. The molecule has 1 heterocycles. The number of methoxy groups -OCH3 is 1. The summed E-state index contributed by atoms with van der Waals surface area (Å²) in [5.41, 5.74) is 4.14. The summed E-state index contributed by atoms with van der Waals surface area (Å²) in [6.07, 6.45) is -3.96. The molecule has 3 N–H and O–H groups in total. The van der Waals surface area contributed by atoms with E-state index in [-0.39, 0.29) is 23.1 Å². The van der Waals surface area contributed by atoms with Crippen molar-refractivity contribution in [3.63, 3.8) is 0 Å². The van der Waals surface area contributed by atoms with Crippen molar-refractivity contribution in [2.24, 2.45) is 0 Å². The van der Waals surface area contributed by atoms with Crippen molar-refractivity contribution in [3.8, 4) is 11.1 Å².